The Morgan fingerprint density at radius 2 is 2.00 bits per heavy atom. The summed E-state index contributed by atoms with van der Waals surface area (Å²) < 4.78 is 2.14. The van der Waals surface area contributed by atoms with Gasteiger partial charge in [-0.1, -0.05) is 6.92 Å². The van der Waals surface area contributed by atoms with E-state index in [9.17, 15) is 0 Å². The second-order valence-corrected chi connectivity index (χ2v) is 6.70. The highest BCUT2D eigenvalue weighted by Gasteiger charge is 2.20. The van der Waals surface area contributed by atoms with E-state index in [-0.39, 0.29) is 0 Å². The van der Waals surface area contributed by atoms with E-state index in [1.54, 1.807) is 0 Å². The van der Waals surface area contributed by atoms with E-state index in [1.165, 1.54) is 56.7 Å². The molecule has 2 rings (SSSR count). The van der Waals surface area contributed by atoms with Gasteiger partial charge in [-0.25, -0.2) is 0 Å². The average Bonchev–Trinajstić information content (AvgIpc) is 2.62. The van der Waals surface area contributed by atoms with Crippen molar-refractivity contribution in [3.8, 4) is 0 Å². The van der Waals surface area contributed by atoms with Gasteiger partial charge in [0, 0.05) is 18.6 Å². The third kappa shape index (κ3) is 4.00. The maximum absolute atomic E-state index is 4.69. The molecule has 4 nitrogen and oxygen atoms in total. The third-order valence-electron chi connectivity index (χ3n) is 4.52. The lowest BCUT2D eigenvalue weighted by Gasteiger charge is -2.20. The van der Waals surface area contributed by atoms with Crippen LogP contribution in [0.1, 0.15) is 63.9 Å². The van der Waals surface area contributed by atoms with Gasteiger partial charge >= 0.3 is 0 Å². The molecule has 1 saturated heterocycles. The highest BCUT2D eigenvalue weighted by Crippen LogP contribution is 2.25. The van der Waals surface area contributed by atoms with Crippen molar-refractivity contribution in [2.75, 3.05) is 25.0 Å². The van der Waals surface area contributed by atoms with Crippen LogP contribution in [-0.2, 0) is 0 Å². The molecule has 1 aliphatic rings. The molecular weight excluding hydrogens is 260 g/mol. The summed E-state index contributed by atoms with van der Waals surface area (Å²) in [6, 6.07) is 1.02. The summed E-state index contributed by atoms with van der Waals surface area (Å²) in [6.45, 7) is 14.7. The first-order chi connectivity index (χ1) is 10.0. The molecule has 0 amide bonds. The first-order valence-corrected chi connectivity index (χ1v) is 8.57. The summed E-state index contributed by atoms with van der Waals surface area (Å²) >= 11 is 0. The van der Waals surface area contributed by atoms with Crippen LogP contribution in [0.15, 0.2) is 0 Å². The number of anilines is 1. The van der Waals surface area contributed by atoms with Gasteiger partial charge in [-0.05, 0) is 66.5 Å². The maximum atomic E-state index is 4.69. The molecule has 0 bridgehead atoms. The number of hydrogen-bond donors (Lipinski definition) is 1. The van der Waals surface area contributed by atoms with Gasteiger partial charge in [-0.15, -0.1) is 0 Å². The zero-order chi connectivity index (χ0) is 15.4. The quantitative estimate of drug-likeness (QED) is 0.897. The number of nitrogens with zero attached hydrogens (tertiary/aromatic N) is 3. The van der Waals surface area contributed by atoms with Crippen molar-refractivity contribution in [2.45, 2.75) is 72.4 Å². The molecule has 0 radical (unpaired) electrons. The lowest BCUT2D eigenvalue weighted by Crippen LogP contribution is -2.27. The van der Waals surface area contributed by atoms with E-state index < -0.39 is 0 Å². The van der Waals surface area contributed by atoms with Crippen LogP contribution < -0.4 is 5.32 Å². The zero-order valence-corrected chi connectivity index (χ0v) is 14.4. The van der Waals surface area contributed by atoms with Gasteiger partial charge in [-0.2, -0.15) is 5.10 Å². The first kappa shape index (κ1) is 16.3. The third-order valence-corrected chi connectivity index (χ3v) is 4.52. The Labute approximate surface area is 129 Å². The van der Waals surface area contributed by atoms with Crippen molar-refractivity contribution in [1.29, 1.82) is 0 Å². The Kier molecular flexibility index (Phi) is 5.68. The Balaban J connectivity index is 2.02. The molecule has 1 fully saturated rings. The van der Waals surface area contributed by atoms with Crippen LogP contribution in [-0.4, -0.2) is 40.4 Å². The monoisotopic (exact) mass is 292 g/mol. The molecule has 2 heterocycles. The van der Waals surface area contributed by atoms with E-state index in [2.05, 4.69) is 54.6 Å². The molecule has 1 aromatic heterocycles. The molecule has 1 aromatic rings. The van der Waals surface area contributed by atoms with Gasteiger partial charge in [0.25, 0.3) is 0 Å². The van der Waals surface area contributed by atoms with E-state index in [0.29, 0.717) is 12.1 Å². The molecule has 1 atom stereocenters. The summed E-state index contributed by atoms with van der Waals surface area (Å²) in [4.78, 5) is 2.61. The first-order valence-electron chi connectivity index (χ1n) is 8.57. The van der Waals surface area contributed by atoms with Crippen molar-refractivity contribution in [3.05, 3.63) is 11.4 Å². The number of nitrogens with one attached hydrogen (secondary N) is 1. The van der Waals surface area contributed by atoms with Gasteiger partial charge < -0.3 is 10.2 Å². The molecule has 120 valence electrons. The largest absolute Gasteiger partial charge is 0.379 e. The fourth-order valence-corrected chi connectivity index (χ4v) is 3.42. The van der Waals surface area contributed by atoms with Crippen LogP contribution in [0, 0.1) is 13.8 Å². The average molecular weight is 292 g/mol. The molecule has 0 saturated carbocycles. The normalized spacial score (nSPS) is 20.8. The van der Waals surface area contributed by atoms with Crippen LogP contribution in [0.5, 0.6) is 0 Å². The van der Waals surface area contributed by atoms with Gasteiger partial charge in [0.05, 0.1) is 17.1 Å². The number of aryl methyl sites for hydroxylation is 1. The Bertz CT molecular complexity index is 450. The van der Waals surface area contributed by atoms with Crippen molar-refractivity contribution >= 4 is 5.69 Å². The van der Waals surface area contributed by atoms with Gasteiger partial charge in [-0.3, -0.25) is 4.68 Å². The van der Waals surface area contributed by atoms with Crippen LogP contribution in [0.25, 0.3) is 0 Å². The summed E-state index contributed by atoms with van der Waals surface area (Å²) in [5.41, 5.74) is 3.67. The van der Waals surface area contributed by atoms with Crippen molar-refractivity contribution < 1.29 is 0 Å². The molecule has 21 heavy (non-hydrogen) atoms. The number of likely N-dealkylation sites (tertiary alicyclic amines) is 1. The maximum Gasteiger partial charge on any atom is 0.0828 e. The van der Waals surface area contributed by atoms with Crippen LogP contribution >= 0.6 is 0 Å². The summed E-state index contributed by atoms with van der Waals surface area (Å²) in [5, 5.41) is 8.47. The minimum atomic E-state index is 0.424. The summed E-state index contributed by atoms with van der Waals surface area (Å²) in [7, 11) is 0. The Morgan fingerprint density at radius 3 is 2.62 bits per heavy atom. The van der Waals surface area contributed by atoms with Crippen molar-refractivity contribution in [3.63, 3.8) is 0 Å². The lowest BCUT2D eigenvalue weighted by molar-refractivity contribution is 0.285. The predicted octanol–water partition coefficient (Wildman–Crippen LogP) is 3.76. The number of rotatable bonds is 5. The minimum absolute atomic E-state index is 0.424. The standard InChI is InChI=1S/C17H32N4/c1-6-10-20-11-7-8-16(9-12-20)18-17-14(4)19-21(13(2)3)15(17)5/h13,16,18H,6-12H2,1-5H3. The SMILES string of the molecule is CCCN1CCCC(Nc2c(C)nn(C(C)C)c2C)CC1. The Hall–Kier alpha value is -1.03. The molecule has 0 spiro atoms. The minimum Gasteiger partial charge on any atom is -0.379 e. The number of aromatic nitrogens is 2. The summed E-state index contributed by atoms with van der Waals surface area (Å²) in [6.07, 6.45) is 5.07. The molecule has 1 N–H and O–H groups in total. The molecule has 1 unspecified atom stereocenters. The predicted molar refractivity (Wildman–Crippen MR) is 90.1 cm³/mol. The topological polar surface area (TPSA) is 33.1 Å². The van der Waals surface area contributed by atoms with Gasteiger partial charge in [0.2, 0.25) is 0 Å². The van der Waals surface area contributed by atoms with Crippen molar-refractivity contribution in [2.24, 2.45) is 0 Å². The molecule has 1 aliphatic heterocycles. The second kappa shape index (κ2) is 7.30. The zero-order valence-electron chi connectivity index (χ0n) is 14.4. The summed E-state index contributed by atoms with van der Waals surface area (Å²) in [5.74, 6) is 0. The number of hydrogen-bond acceptors (Lipinski definition) is 3. The molecule has 0 aromatic carbocycles. The molecule has 0 aliphatic carbocycles. The van der Waals surface area contributed by atoms with Gasteiger partial charge in [0.1, 0.15) is 0 Å². The fourth-order valence-electron chi connectivity index (χ4n) is 3.42. The Morgan fingerprint density at radius 1 is 1.24 bits per heavy atom. The van der Waals surface area contributed by atoms with E-state index in [0.717, 1.165) is 5.69 Å². The lowest BCUT2D eigenvalue weighted by atomic mass is 10.1. The van der Waals surface area contributed by atoms with Crippen LogP contribution in [0.2, 0.25) is 0 Å². The van der Waals surface area contributed by atoms with Gasteiger partial charge in [0.15, 0.2) is 0 Å². The van der Waals surface area contributed by atoms with Crippen LogP contribution in [0.4, 0.5) is 5.69 Å². The smallest absolute Gasteiger partial charge is 0.0828 e. The fraction of sp³-hybridized carbons (Fsp3) is 0.824. The highest BCUT2D eigenvalue weighted by atomic mass is 15.3. The second-order valence-electron chi connectivity index (χ2n) is 6.70. The van der Waals surface area contributed by atoms with E-state index in [1.807, 2.05) is 0 Å². The molecule has 4 heteroatoms. The van der Waals surface area contributed by atoms with Crippen LogP contribution in [0.3, 0.4) is 0 Å². The van der Waals surface area contributed by atoms with E-state index in [4.69, 9.17) is 0 Å². The molecular formula is C17H32N4. The van der Waals surface area contributed by atoms with E-state index >= 15 is 0 Å². The van der Waals surface area contributed by atoms with Crippen molar-refractivity contribution in [1.82, 2.24) is 14.7 Å². The highest BCUT2D eigenvalue weighted by molar-refractivity contribution is 5.53.